The molecular formula is C13H17NO3. The van der Waals surface area contributed by atoms with Gasteiger partial charge in [0, 0.05) is 26.3 Å². The molecule has 0 fully saturated rings. The van der Waals surface area contributed by atoms with E-state index in [0.29, 0.717) is 6.42 Å². The second-order valence-electron chi connectivity index (χ2n) is 3.79. The van der Waals surface area contributed by atoms with Crippen LogP contribution < -0.4 is 5.32 Å². The number of hydrogen-bond donors (Lipinski definition) is 1. The molecule has 1 amide bonds. The lowest BCUT2D eigenvalue weighted by Crippen LogP contribution is -2.23. The van der Waals surface area contributed by atoms with Crippen LogP contribution in [0.3, 0.4) is 0 Å². The Morgan fingerprint density at radius 2 is 1.94 bits per heavy atom. The summed E-state index contributed by atoms with van der Waals surface area (Å²) < 4.78 is 4.98. The van der Waals surface area contributed by atoms with Crippen molar-refractivity contribution >= 4 is 11.9 Å². The van der Waals surface area contributed by atoms with Crippen molar-refractivity contribution in [1.29, 1.82) is 0 Å². The first kappa shape index (κ1) is 13.2. The topological polar surface area (TPSA) is 55.4 Å². The zero-order chi connectivity index (χ0) is 12.7. The van der Waals surface area contributed by atoms with Crippen LogP contribution in [0.1, 0.15) is 24.8 Å². The molecule has 92 valence electrons. The molecule has 0 aliphatic rings. The molecule has 4 nitrogen and oxygen atoms in total. The van der Waals surface area contributed by atoms with Gasteiger partial charge >= 0.3 is 5.97 Å². The Morgan fingerprint density at radius 1 is 1.29 bits per heavy atom. The number of nitrogens with one attached hydrogen (secondary N) is 1. The lowest BCUT2D eigenvalue weighted by molar-refractivity contribution is -0.142. The Kier molecular flexibility index (Phi) is 5.20. The molecule has 4 heteroatoms. The van der Waals surface area contributed by atoms with E-state index in [2.05, 4.69) is 5.32 Å². The summed E-state index contributed by atoms with van der Waals surface area (Å²) in [7, 11) is 1.59. The summed E-state index contributed by atoms with van der Waals surface area (Å²) >= 11 is 0. The molecular weight excluding hydrogens is 218 g/mol. The summed E-state index contributed by atoms with van der Waals surface area (Å²) in [5, 5.41) is 2.57. The monoisotopic (exact) mass is 235 g/mol. The zero-order valence-corrected chi connectivity index (χ0v) is 10.1. The van der Waals surface area contributed by atoms with E-state index in [-0.39, 0.29) is 24.4 Å². The number of hydrogen-bond acceptors (Lipinski definition) is 3. The van der Waals surface area contributed by atoms with Gasteiger partial charge in [0.05, 0.1) is 6.61 Å². The average Bonchev–Trinajstić information content (AvgIpc) is 2.35. The van der Waals surface area contributed by atoms with E-state index in [1.54, 1.807) is 7.05 Å². The molecule has 0 aromatic heterocycles. The largest absolute Gasteiger partial charge is 0.465 e. The van der Waals surface area contributed by atoms with Crippen molar-refractivity contribution in [3.63, 3.8) is 0 Å². The van der Waals surface area contributed by atoms with E-state index in [9.17, 15) is 9.59 Å². The van der Waals surface area contributed by atoms with Crippen LogP contribution in [-0.4, -0.2) is 25.5 Å². The number of benzene rings is 1. The quantitative estimate of drug-likeness (QED) is 0.786. The van der Waals surface area contributed by atoms with Gasteiger partial charge in [0.25, 0.3) is 0 Å². The van der Waals surface area contributed by atoms with Crippen LogP contribution in [0.2, 0.25) is 0 Å². The molecule has 0 unspecified atom stereocenters. The molecule has 17 heavy (non-hydrogen) atoms. The van der Waals surface area contributed by atoms with Crippen molar-refractivity contribution in [1.82, 2.24) is 5.32 Å². The summed E-state index contributed by atoms with van der Waals surface area (Å²) in [6.07, 6.45) is 0.313. The van der Waals surface area contributed by atoms with Crippen molar-refractivity contribution in [3.05, 3.63) is 35.9 Å². The average molecular weight is 235 g/mol. The number of esters is 1. The van der Waals surface area contributed by atoms with Gasteiger partial charge in [-0.3, -0.25) is 9.59 Å². The second-order valence-corrected chi connectivity index (χ2v) is 3.79. The summed E-state index contributed by atoms with van der Waals surface area (Å²) in [5.41, 5.74) is 0.998. The van der Waals surface area contributed by atoms with Gasteiger partial charge in [0.1, 0.15) is 0 Å². The van der Waals surface area contributed by atoms with Crippen LogP contribution in [0.15, 0.2) is 30.3 Å². The highest BCUT2D eigenvalue weighted by Gasteiger charge is 2.16. The van der Waals surface area contributed by atoms with Gasteiger partial charge in [-0.25, -0.2) is 0 Å². The van der Waals surface area contributed by atoms with Crippen LogP contribution in [-0.2, 0) is 14.3 Å². The first-order valence-electron chi connectivity index (χ1n) is 5.52. The van der Waals surface area contributed by atoms with Gasteiger partial charge in [0.15, 0.2) is 0 Å². The number of amides is 1. The Balaban J connectivity index is 2.71. The third kappa shape index (κ3) is 4.68. The smallest absolute Gasteiger partial charge is 0.302 e. The lowest BCUT2D eigenvalue weighted by atomic mass is 9.96. The van der Waals surface area contributed by atoms with Gasteiger partial charge in [-0.15, -0.1) is 0 Å². The van der Waals surface area contributed by atoms with Gasteiger partial charge in [-0.05, 0) is 5.56 Å². The van der Waals surface area contributed by atoms with Crippen LogP contribution >= 0.6 is 0 Å². The van der Waals surface area contributed by atoms with Crippen molar-refractivity contribution in [2.24, 2.45) is 0 Å². The Bertz CT molecular complexity index is 376. The fraction of sp³-hybridized carbons (Fsp3) is 0.385. The summed E-state index contributed by atoms with van der Waals surface area (Å²) in [6.45, 7) is 1.59. The third-order valence-electron chi connectivity index (χ3n) is 2.47. The molecule has 0 spiro atoms. The summed E-state index contributed by atoms with van der Waals surface area (Å²) in [5.74, 6) is -0.492. The molecule has 0 aliphatic heterocycles. The molecule has 0 saturated heterocycles. The number of rotatable bonds is 5. The van der Waals surface area contributed by atoms with Crippen LogP contribution in [0, 0.1) is 0 Å². The van der Waals surface area contributed by atoms with E-state index in [0.717, 1.165) is 5.56 Å². The predicted molar refractivity (Wildman–Crippen MR) is 64.5 cm³/mol. The minimum absolute atomic E-state index is 0.0639. The van der Waals surface area contributed by atoms with Gasteiger partial charge in [0.2, 0.25) is 5.91 Å². The summed E-state index contributed by atoms with van der Waals surface area (Å²) in [4.78, 5) is 22.2. The first-order chi connectivity index (χ1) is 8.13. The molecule has 1 atom stereocenters. The highest BCUT2D eigenvalue weighted by Crippen LogP contribution is 2.19. The molecule has 0 bridgehead atoms. The number of carbonyl (C=O) groups is 2. The Morgan fingerprint density at radius 3 is 2.47 bits per heavy atom. The molecule has 1 aromatic carbocycles. The molecule has 0 aliphatic carbocycles. The van der Waals surface area contributed by atoms with E-state index in [1.807, 2.05) is 30.3 Å². The highest BCUT2D eigenvalue weighted by molar-refractivity contribution is 5.76. The summed E-state index contributed by atoms with van der Waals surface area (Å²) in [6, 6.07) is 9.57. The number of ether oxygens (including phenoxy) is 1. The lowest BCUT2D eigenvalue weighted by Gasteiger charge is -2.16. The minimum Gasteiger partial charge on any atom is -0.465 e. The van der Waals surface area contributed by atoms with Crippen LogP contribution in [0.4, 0.5) is 0 Å². The fourth-order valence-corrected chi connectivity index (χ4v) is 1.54. The molecule has 1 rings (SSSR count). The fourth-order valence-electron chi connectivity index (χ4n) is 1.54. The minimum atomic E-state index is -0.331. The van der Waals surface area contributed by atoms with Crippen molar-refractivity contribution in [2.75, 3.05) is 13.7 Å². The number of carbonyl (C=O) groups excluding carboxylic acids is 2. The highest BCUT2D eigenvalue weighted by atomic mass is 16.5. The van der Waals surface area contributed by atoms with Crippen molar-refractivity contribution < 1.29 is 14.3 Å². The van der Waals surface area contributed by atoms with E-state index in [1.165, 1.54) is 6.92 Å². The maximum Gasteiger partial charge on any atom is 0.302 e. The maximum absolute atomic E-state index is 11.4. The molecule has 0 saturated carbocycles. The maximum atomic E-state index is 11.4. The van der Waals surface area contributed by atoms with Crippen LogP contribution in [0.5, 0.6) is 0 Å². The van der Waals surface area contributed by atoms with Gasteiger partial charge < -0.3 is 10.1 Å². The second kappa shape index (κ2) is 6.68. The Hall–Kier alpha value is -1.84. The molecule has 1 N–H and O–H groups in total. The third-order valence-corrected chi connectivity index (χ3v) is 2.47. The normalized spacial score (nSPS) is 11.6. The SMILES string of the molecule is CNC(=O)C[C@@H](COC(C)=O)c1ccccc1. The van der Waals surface area contributed by atoms with E-state index in [4.69, 9.17) is 4.74 Å². The van der Waals surface area contributed by atoms with E-state index >= 15 is 0 Å². The molecule has 0 heterocycles. The van der Waals surface area contributed by atoms with Crippen molar-refractivity contribution in [3.8, 4) is 0 Å². The standard InChI is InChI=1S/C13H17NO3/c1-10(15)17-9-12(8-13(16)14-2)11-6-4-3-5-7-11/h3-7,12H,8-9H2,1-2H3,(H,14,16)/t12-/m0/s1. The zero-order valence-electron chi connectivity index (χ0n) is 10.1. The van der Waals surface area contributed by atoms with Crippen molar-refractivity contribution in [2.45, 2.75) is 19.3 Å². The van der Waals surface area contributed by atoms with E-state index < -0.39 is 0 Å². The van der Waals surface area contributed by atoms with Gasteiger partial charge in [-0.2, -0.15) is 0 Å². The van der Waals surface area contributed by atoms with Gasteiger partial charge in [-0.1, -0.05) is 30.3 Å². The van der Waals surface area contributed by atoms with Crippen LogP contribution in [0.25, 0.3) is 0 Å². The Labute approximate surface area is 101 Å². The molecule has 1 aromatic rings. The first-order valence-corrected chi connectivity index (χ1v) is 5.52. The molecule has 0 radical (unpaired) electrons. The predicted octanol–water partition coefficient (Wildman–Crippen LogP) is 1.47.